The first-order valence-electron chi connectivity index (χ1n) is 5.71. The van der Waals surface area contributed by atoms with Crippen LogP contribution in [-0.4, -0.2) is 23.7 Å². The number of carboxylic acids is 1. The van der Waals surface area contributed by atoms with E-state index in [-0.39, 0.29) is 6.04 Å². The minimum Gasteiger partial charge on any atom is -0.481 e. The molecular weight excluding hydrogens is 202 g/mol. The fraction of sp³-hybridized carbons (Fsp3) is 0.462. The number of hydrogen-bond acceptors (Lipinski definition) is 2. The van der Waals surface area contributed by atoms with Crippen LogP contribution in [0.15, 0.2) is 30.3 Å². The molecule has 1 rings (SSSR count). The van der Waals surface area contributed by atoms with Crippen LogP contribution in [0, 0.1) is 0 Å². The van der Waals surface area contributed by atoms with Crippen LogP contribution in [0.1, 0.15) is 31.7 Å². The van der Waals surface area contributed by atoms with E-state index in [2.05, 4.69) is 5.32 Å². The number of rotatable bonds is 6. The van der Waals surface area contributed by atoms with Crippen molar-refractivity contribution >= 4 is 5.97 Å². The van der Waals surface area contributed by atoms with Crippen LogP contribution in [0.2, 0.25) is 0 Å². The standard InChI is InChI=1S/C13H19NO2/c1-3-11(14-4-2)12(13(15)16)10-8-6-5-7-9-10/h5-9,11-12,14H,3-4H2,1-2H3,(H,15,16). The molecule has 0 aromatic heterocycles. The van der Waals surface area contributed by atoms with Gasteiger partial charge in [-0.1, -0.05) is 44.2 Å². The van der Waals surface area contributed by atoms with Crippen molar-refractivity contribution < 1.29 is 9.90 Å². The van der Waals surface area contributed by atoms with Crippen molar-refractivity contribution in [2.45, 2.75) is 32.2 Å². The number of likely N-dealkylation sites (N-methyl/N-ethyl adjacent to an activating group) is 1. The monoisotopic (exact) mass is 221 g/mol. The first-order valence-corrected chi connectivity index (χ1v) is 5.71. The van der Waals surface area contributed by atoms with Gasteiger partial charge in [-0.2, -0.15) is 0 Å². The van der Waals surface area contributed by atoms with Gasteiger partial charge in [0.1, 0.15) is 0 Å². The number of hydrogen-bond donors (Lipinski definition) is 2. The second-order valence-corrected chi connectivity index (χ2v) is 3.80. The normalized spacial score (nSPS) is 14.4. The van der Waals surface area contributed by atoms with Crippen molar-refractivity contribution in [2.24, 2.45) is 0 Å². The molecule has 0 aliphatic carbocycles. The molecule has 0 heterocycles. The summed E-state index contributed by atoms with van der Waals surface area (Å²) in [4.78, 5) is 11.3. The topological polar surface area (TPSA) is 49.3 Å². The number of benzene rings is 1. The van der Waals surface area contributed by atoms with Crippen molar-refractivity contribution in [3.05, 3.63) is 35.9 Å². The fourth-order valence-corrected chi connectivity index (χ4v) is 1.97. The predicted molar refractivity (Wildman–Crippen MR) is 64.6 cm³/mol. The summed E-state index contributed by atoms with van der Waals surface area (Å²) in [5.74, 6) is -1.23. The summed E-state index contributed by atoms with van der Waals surface area (Å²) >= 11 is 0. The summed E-state index contributed by atoms with van der Waals surface area (Å²) in [7, 11) is 0. The summed E-state index contributed by atoms with van der Waals surface area (Å²) in [5, 5.41) is 12.5. The smallest absolute Gasteiger partial charge is 0.312 e. The van der Waals surface area contributed by atoms with Gasteiger partial charge >= 0.3 is 5.97 Å². The van der Waals surface area contributed by atoms with Gasteiger partial charge in [0, 0.05) is 6.04 Å². The highest BCUT2D eigenvalue weighted by Crippen LogP contribution is 2.21. The average Bonchev–Trinajstić information content (AvgIpc) is 2.29. The van der Waals surface area contributed by atoms with Crippen LogP contribution >= 0.6 is 0 Å². The van der Waals surface area contributed by atoms with E-state index in [0.29, 0.717) is 0 Å². The molecule has 16 heavy (non-hydrogen) atoms. The number of nitrogens with one attached hydrogen (secondary N) is 1. The summed E-state index contributed by atoms with van der Waals surface area (Å²) in [6.45, 7) is 4.79. The van der Waals surface area contributed by atoms with Gasteiger partial charge in [0.25, 0.3) is 0 Å². The molecule has 2 N–H and O–H groups in total. The maximum absolute atomic E-state index is 11.3. The van der Waals surface area contributed by atoms with Crippen LogP contribution in [0.4, 0.5) is 0 Å². The SMILES string of the molecule is CCNC(CC)C(C(=O)O)c1ccccc1. The van der Waals surface area contributed by atoms with E-state index in [4.69, 9.17) is 0 Å². The fourth-order valence-electron chi connectivity index (χ4n) is 1.97. The van der Waals surface area contributed by atoms with E-state index in [1.807, 2.05) is 44.2 Å². The van der Waals surface area contributed by atoms with Crippen molar-refractivity contribution in [1.29, 1.82) is 0 Å². The first kappa shape index (κ1) is 12.7. The molecule has 0 bridgehead atoms. The largest absolute Gasteiger partial charge is 0.481 e. The zero-order valence-corrected chi connectivity index (χ0v) is 9.81. The van der Waals surface area contributed by atoms with Gasteiger partial charge in [-0.05, 0) is 18.5 Å². The number of aliphatic carboxylic acids is 1. The molecule has 0 fully saturated rings. The van der Waals surface area contributed by atoms with E-state index in [1.165, 1.54) is 0 Å². The van der Waals surface area contributed by atoms with Gasteiger partial charge in [-0.3, -0.25) is 4.79 Å². The molecule has 3 heteroatoms. The Kier molecular flexibility index (Phi) is 4.99. The maximum atomic E-state index is 11.3. The zero-order chi connectivity index (χ0) is 12.0. The van der Waals surface area contributed by atoms with E-state index in [9.17, 15) is 9.90 Å². The second-order valence-electron chi connectivity index (χ2n) is 3.80. The highest BCUT2D eigenvalue weighted by Gasteiger charge is 2.27. The molecule has 2 unspecified atom stereocenters. The molecule has 0 aliphatic rings. The van der Waals surface area contributed by atoms with Crippen LogP contribution in [0.5, 0.6) is 0 Å². The Balaban J connectivity index is 2.94. The Bertz CT molecular complexity index is 324. The Hall–Kier alpha value is -1.35. The molecule has 2 atom stereocenters. The molecule has 3 nitrogen and oxygen atoms in total. The van der Waals surface area contributed by atoms with Gasteiger partial charge in [0.2, 0.25) is 0 Å². The number of carbonyl (C=O) groups is 1. The average molecular weight is 221 g/mol. The molecule has 0 amide bonds. The molecule has 0 aliphatic heterocycles. The van der Waals surface area contributed by atoms with E-state index < -0.39 is 11.9 Å². The Morgan fingerprint density at radius 2 is 1.94 bits per heavy atom. The molecule has 0 radical (unpaired) electrons. The third-order valence-corrected chi connectivity index (χ3v) is 2.73. The highest BCUT2D eigenvalue weighted by molar-refractivity contribution is 5.77. The molecular formula is C13H19NO2. The van der Waals surface area contributed by atoms with Crippen LogP contribution in [0.3, 0.4) is 0 Å². The maximum Gasteiger partial charge on any atom is 0.312 e. The van der Waals surface area contributed by atoms with E-state index >= 15 is 0 Å². The Morgan fingerprint density at radius 1 is 1.31 bits per heavy atom. The van der Waals surface area contributed by atoms with Gasteiger partial charge in [0.15, 0.2) is 0 Å². The summed E-state index contributed by atoms with van der Waals surface area (Å²) in [5.41, 5.74) is 0.864. The van der Waals surface area contributed by atoms with Crippen LogP contribution in [0.25, 0.3) is 0 Å². The molecule has 88 valence electrons. The van der Waals surface area contributed by atoms with E-state index in [1.54, 1.807) is 0 Å². The summed E-state index contributed by atoms with van der Waals surface area (Å²) in [6.07, 6.45) is 0.805. The van der Waals surface area contributed by atoms with Gasteiger partial charge < -0.3 is 10.4 Å². The van der Waals surface area contributed by atoms with Crippen molar-refractivity contribution in [1.82, 2.24) is 5.32 Å². The van der Waals surface area contributed by atoms with Crippen LogP contribution in [-0.2, 0) is 4.79 Å². The van der Waals surface area contributed by atoms with Gasteiger partial charge in [-0.25, -0.2) is 0 Å². The third kappa shape index (κ3) is 3.07. The summed E-state index contributed by atoms with van der Waals surface area (Å²) in [6, 6.07) is 9.40. The van der Waals surface area contributed by atoms with Gasteiger partial charge in [-0.15, -0.1) is 0 Å². The Morgan fingerprint density at radius 3 is 2.38 bits per heavy atom. The number of carboxylic acid groups (broad SMARTS) is 1. The second kappa shape index (κ2) is 6.28. The Labute approximate surface area is 96.5 Å². The molecule has 1 aromatic rings. The van der Waals surface area contributed by atoms with Gasteiger partial charge in [0.05, 0.1) is 5.92 Å². The highest BCUT2D eigenvalue weighted by atomic mass is 16.4. The lowest BCUT2D eigenvalue weighted by Crippen LogP contribution is -2.38. The lowest BCUT2D eigenvalue weighted by molar-refractivity contribution is -0.139. The quantitative estimate of drug-likeness (QED) is 0.774. The van der Waals surface area contributed by atoms with Crippen LogP contribution < -0.4 is 5.32 Å². The molecule has 1 aromatic carbocycles. The molecule has 0 saturated carbocycles. The third-order valence-electron chi connectivity index (χ3n) is 2.73. The van der Waals surface area contributed by atoms with E-state index in [0.717, 1.165) is 18.5 Å². The molecule has 0 saturated heterocycles. The predicted octanol–water partition coefficient (Wildman–Crippen LogP) is 2.24. The first-order chi connectivity index (χ1) is 7.70. The van der Waals surface area contributed by atoms with Crippen molar-refractivity contribution in [3.8, 4) is 0 Å². The minimum atomic E-state index is -0.765. The zero-order valence-electron chi connectivity index (χ0n) is 9.81. The van der Waals surface area contributed by atoms with Crippen molar-refractivity contribution in [2.75, 3.05) is 6.54 Å². The minimum absolute atomic E-state index is 0.00935. The lowest BCUT2D eigenvalue weighted by atomic mass is 9.90. The lowest BCUT2D eigenvalue weighted by Gasteiger charge is -2.23. The summed E-state index contributed by atoms with van der Waals surface area (Å²) < 4.78 is 0. The molecule has 0 spiro atoms. The van der Waals surface area contributed by atoms with Crippen molar-refractivity contribution in [3.63, 3.8) is 0 Å².